The van der Waals surface area contributed by atoms with Crippen LogP contribution in [0.1, 0.15) is 38.8 Å². The fourth-order valence-electron chi connectivity index (χ4n) is 2.57. The van der Waals surface area contributed by atoms with E-state index in [4.69, 9.17) is 14.2 Å². The van der Waals surface area contributed by atoms with Crippen molar-refractivity contribution in [1.82, 2.24) is 5.32 Å². The zero-order chi connectivity index (χ0) is 18.9. The Morgan fingerprint density at radius 2 is 1.73 bits per heavy atom. The Bertz CT molecular complexity index is 699. The number of methoxy groups -OCH3 is 1. The predicted molar refractivity (Wildman–Crippen MR) is 102 cm³/mol. The second-order valence-corrected chi connectivity index (χ2v) is 5.93. The van der Waals surface area contributed by atoms with Crippen molar-refractivity contribution in [3.05, 3.63) is 54.1 Å². The highest BCUT2D eigenvalue weighted by Crippen LogP contribution is 2.22. The first-order valence-electron chi connectivity index (χ1n) is 8.91. The first kappa shape index (κ1) is 19.6. The van der Waals surface area contributed by atoms with Crippen LogP contribution in [0.2, 0.25) is 0 Å². The van der Waals surface area contributed by atoms with Crippen LogP contribution in [0.4, 0.5) is 0 Å². The van der Waals surface area contributed by atoms with Crippen molar-refractivity contribution in [2.45, 2.75) is 39.3 Å². The highest BCUT2D eigenvalue weighted by atomic mass is 16.5. The minimum absolute atomic E-state index is 0.124. The number of rotatable bonds is 9. The lowest BCUT2D eigenvalue weighted by atomic mass is 10.1. The van der Waals surface area contributed by atoms with E-state index in [1.165, 1.54) is 0 Å². The Balaban J connectivity index is 1.98. The zero-order valence-corrected chi connectivity index (χ0v) is 15.8. The molecule has 5 nitrogen and oxygen atoms in total. The third-order valence-corrected chi connectivity index (χ3v) is 4.03. The van der Waals surface area contributed by atoms with Gasteiger partial charge >= 0.3 is 0 Å². The molecule has 0 saturated heterocycles. The average Bonchev–Trinajstić information content (AvgIpc) is 2.67. The van der Waals surface area contributed by atoms with Crippen molar-refractivity contribution in [2.75, 3.05) is 13.7 Å². The van der Waals surface area contributed by atoms with Gasteiger partial charge in [-0.25, -0.2) is 0 Å². The van der Waals surface area contributed by atoms with Crippen LogP contribution in [0.3, 0.4) is 0 Å². The van der Waals surface area contributed by atoms with Crippen molar-refractivity contribution in [1.29, 1.82) is 0 Å². The molecule has 0 unspecified atom stereocenters. The van der Waals surface area contributed by atoms with Crippen LogP contribution < -0.4 is 19.5 Å². The van der Waals surface area contributed by atoms with E-state index in [0.29, 0.717) is 24.5 Å². The van der Waals surface area contributed by atoms with Crippen molar-refractivity contribution in [3.63, 3.8) is 0 Å². The minimum Gasteiger partial charge on any atom is -0.497 e. The van der Waals surface area contributed by atoms with E-state index in [0.717, 1.165) is 11.3 Å². The summed E-state index contributed by atoms with van der Waals surface area (Å²) in [6, 6.07) is 14.9. The quantitative estimate of drug-likeness (QED) is 0.733. The van der Waals surface area contributed by atoms with Crippen molar-refractivity contribution < 1.29 is 19.0 Å². The largest absolute Gasteiger partial charge is 0.497 e. The maximum Gasteiger partial charge on any atom is 0.261 e. The van der Waals surface area contributed by atoms with Gasteiger partial charge in [0.2, 0.25) is 0 Å². The molecule has 0 spiro atoms. The highest BCUT2D eigenvalue weighted by molar-refractivity contribution is 5.81. The lowest BCUT2D eigenvalue weighted by Crippen LogP contribution is -2.39. The monoisotopic (exact) mass is 357 g/mol. The number of ether oxygens (including phenoxy) is 3. The Labute approximate surface area is 155 Å². The number of hydrogen-bond acceptors (Lipinski definition) is 4. The van der Waals surface area contributed by atoms with Gasteiger partial charge in [-0.05, 0) is 50.1 Å². The van der Waals surface area contributed by atoms with Crippen LogP contribution in [-0.2, 0) is 4.79 Å². The van der Waals surface area contributed by atoms with Crippen LogP contribution >= 0.6 is 0 Å². The Morgan fingerprint density at radius 1 is 1.04 bits per heavy atom. The molecule has 0 aliphatic rings. The molecule has 0 radical (unpaired) electrons. The molecule has 0 saturated carbocycles. The molecule has 1 amide bonds. The fourth-order valence-corrected chi connectivity index (χ4v) is 2.57. The van der Waals surface area contributed by atoms with Gasteiger partial charge in [-0.1, -0.05) is 25.1 Å². The summed E-state index contributed by atoms with van der Waals surface area (Å²) in [5, 5.41) is 3.01. The van der Waals surface area contributed by atoms with Crippen LogP contribution in [0.25, 0.3) is 0 Å². The molecular formula is C21H27NO4. The van der Waals surface area contributed by atoms with Crippen LogP contribution in [0, 0.1) is 0 Å². The Kier molecular flexibility index (Phi) is 7.33. The molecule has 0 aromatic heterocycles. The minimum atomic E-state index is -0.563. The third-order valence-electron chi connectivity index (χ3n) is 4.03. The topological polar surface area (TPSA) is 56.8 Å². The van der Waals surface area contributed by atoms with E-state index in [1.54, 1.807) is 13.2 Å². The second kappa shape index (κ2) is 9.70. The molecule has 0 aliphatic carbocycles. The van der Waals surface area contributed by atoms with E-state index in [-0.39, 0.29) is 11.9 Å². The van der Waals surface area contributed by atoms with E-state index in [2.05, 4.69) is 5.32 Å². The van der Waals surface area contributed by atoms with Gasteiger partial charge in [0.1, 0.15) is 17.2 Å². The summed E-state index contributed by atoms with van der Waals surface area (Å²) in [5.41, 5.74) is 1.01. The van der Waals surface area contributed by atoms with Crippen LogP contribution in [-0.4, -0.2) is 25.7 Å². The maximum absolute atomic E-state index is 12.6. The van der Waals surface area contributed by atoms with E-state index in [9.17, 15) is 4.79 Å². The molecule has 0 bridgehead atoms. The third kappa shape index (κ3) is 5.41. The molecule has 2 aromatic carbocycles. The summed E-state index contributed by atoms with van der Waals surface area (Å²) in [6.45, 7) is 6.45. The lowest BCUT2D eigenvalue weighted by Gasteiger charge is -2.21. The van der Waals surface area contributed by atoms with E-state index < -0.39 is 6.10 Å². The highest BCUT2D eigenvalue weighted by Gasteiger charge is 2.21. The summed E-state index contributed by atoms with van der Waals surface area (Å²) < 4.78 is 16.5. The average molecular weight is 357 g/mol. The first-order chi connectivity index (χ1) is 12.6. The molecule has 5 heteroatoms. The van der Waals surface area contributed by atoms with Crippen molar-refractivity contribution in [3.8, 4) is 17.2 Å². The van der Waals surface area contributed by atoms with Crippen LogP contribution in [0.5, 0.6) is 17.2 Å². The standard InChI is InChI=1S/C21H27NO4/c1-5-20(26-19-9-7-8-18(14-19)24-4)21(23)22-15(3)16-10-12-17(13-11-16)25-6-2/h7-15,20H,5-6H2,1-4H3,(H,22,23)/t15-,20+/m1/s1. The smallest absolute Gasteiger partial charge is 0.261 e. The number of carbonyl (C=O) groups is 1. The van der Waals surface area contributed by atoms with Crippen LogP contribution in [0.15, 0.2) is 48.5 Å². The molecule has 0 fully saturated rings. The lowest BCUT2D eigenvalue weighted by molar-refractivity contribution is -0.128. The summed E-state index contributed by atoms with van der Waals surface area (Å²) in [4.78, 5) is 12.6. The fraction of sp³-hybridized carbons (Fsp3) is 0.381. The number of nitrogens with one attached hydrogen (secondary N) is 1. The molecule has 140 valence electrons. The molecule has 0 heterocycles. The molecule has 2 aromatic rings. The van der Waals surface area contributed by atoms with Crippen molar-refractivity contribution in [2.24, 2.45) is 0 Å². The number of hydrogen-bond donors (Lipinski definition) is 1. The van der Waals surface area contributed by atoms with Gasteiger partial charge in [-0.3, -0.25) is 4.79 Å². The van der Waals surface area contributed by atoms with Gasteiger partial charge in [0.15, 0.2) is 6.10 Å². The van der Waals surface area contributed by atoms with Gasteiger partial charge in [-0.15, -0.1) is 0 Å². The SMILES string of the molecule is CCOc1ccc([C@@H](C)NC(=O)[C@H](CC)Oc2cccc(OC)c2)cc1. The predicted octanol–water partition coefficient (Wildman–Crippen LogP) is 4.13. The molecule has 2 rings (SSSR count). The summed E-state index contributed by atoms with van der Waals surface area (Å²) in [7, 11) is 1.60. The summed E-state index contributed by atoms with van der Waals surface area (Å²) in [5.74, 6) is 1.99. The molecule has 1 N–H and O–H groups in total. The Hall–Kier alpha value is -2.69. The maximum atomic E-state index is 12.6. The summed E-state index contributed by atoms with van der Waals surface area (Å²) >= 11 is 0. The van der Waals surface area contributed by atoms with Gasteiger partial charge in [0.25, 0.3) is 5.91 Å². The first-order valence-corrected chi connectivity index (χ1v) is 8.91. The normalized spacial score (nSPS) is 12.8. The second-order valence-electron chi connectivity index (χ2n) is 5.93. The summed E-state index contributed by atoms with van der Waals surface area (Å²) in [6.07, 6.45) is 0.00577. The Morgan fingerprint density at radius 3 is 2.35 bits per heavy atom. The molecular weight excluding hydrogens is 330 g/mol. The molecule has 26 heavy (non-hydrogen) atoms. The number of benzene rings is 2. The van der Waals surface area contributed by atoms with E-state index in [1.807, 2.05) is 63.2 Å². The van der Waals surface area contributed by atoms with Gasteiger partial charge < -0.3 is 19.5 Å². The van der Waals surface area contributed by atoms with Crippen molar-refractivity contribution >= 4 is 5.91 Å². The molecule has 2 atom stereocenters. The zero-order valence-electron chi connectivity index (χ0n) is 15.8. The van der Waals surface area contributed by atoms with Gasteiger partial charge in [0.05, 0.1) is 19.8 Å². The number of amides is 1. The number of carbonyl (C=O) groups excluding carboxylic acids is 1. The van der Waals surface area contributed by atoms with E-state index >= 15 is 0 Å². The molecule has 0 aliphatic heterocycles. The van der Waals surface area contributed by atoms with Gasteiger partial charge in [0, 0.05) is 6.07 Å². The van der Waals surface area contributed by atoms with Gasteiger partial charge in [-0.2, -0.15) is 0 Å².